The first-order valence-electron chi connectivity index (χ1n) is 7.99. The highest BCUT2D eigenvalue weighted by Gasteiger charge is 2.30. The lowest BCUT2D eigenvalue weighted by Crippen LogP contribution is -2.43. The Bertz CT molecular complexity index is 555. The van der Waals surface area contributed by atoms with Gasteiger partial charge in [-0.15, -0.1) is 0 Å². The summed E-state index contributed by atoms with van der Waals surface area (Å²) in [6, 6.07) is 0. The molecule has 0 aromatic carbocycles. The summed E-state index contributed by atoms with van der Waals surface area (Å²) >= 11 is 0. The number of nitrogens with one attached hydrogen (secondary N) is 1. The van der Waals surface area contributed by atoms with E-state index in [1.165, 1.54) is 31.7 Å². The molecule has 2 aliphatic rings. The molecule has 2 fully saturated rings. The Balaban J connectivity index is 1.67. The van der Waals surface area contributed by atoms with Crippen molar-refractivity contribution in [1.82, 2.24) is 19.4 Å². The SMILES string of the molecule is O=S(=O)(c1cn[nH]c1)N1CCCOC(CN2CCCCC2)C1. The van der Waals surface area contributed by atoms with E-state index in [9.17, 15) is 8.42 Å². The zero-order chi connectivity index (χ0) is 15.4. The molecule has 0 amide bonds. The van der Waals surface area contributed by atoms with Crippen LogP contribution in [-0.2, 0) is 14.8 Å². The maximum absolute atomic E-state index is 12.6. The number of aromatic nitrogens is 2. The topological polar surface area (TPSA) is 78.5 Å². The fourth-order valence-corrected chi connectivity index (χ4v) is 4.57. The number of sulfonamides is 1. The molecule has 2 aliphatic heterocycles. The Hall–Kier alpha value is -0.960. The van der Waals surface area contributed by atoms with Gasteiger partial charge in [-0.2, -0.15) is 9.40 Å². The van der Waals surface area contributed by atoms with Gasteiger partial charge in [0.1, 0.15) is 4.90 Å². The number of ether oxygens (including phenoxy) is 1. The maximum Gasteiger partial charge on any atom is 0.246 e. The van der Waals surface area contributed by atoms with E-state index in [0.29, 0.717) is 19.7 Å². The van der Waals surface area contributed by atoms with Crippen LogP contribution in [0.5, 0.6) is 0 Å². The first kappa shape index (κ1) is 15.9. The van der Waals surface area contributed by atoms with Crippen molar-refractivity contribution in [1.29, 1.82) is 0 Å². The monoisotopic (exact) mass is 328 g/mol. The first-order chi connectivity index (χ1) is 10.7. The van der Waals surface area contributed by atoms with Gasteiger partial charge in [-0.3, -0.25) is 5.10 Å². The largest absolute Gasteiger partial charge is 0.375 e. The lowest BCUT2D eigenvalue weighted by Gasteiger charge is -2.31. The summed E-state index contributed by atoms with van der Waals surface area (Å²) < 4.78 is 32.7. The number of likely N-dealkylation sites (tertiary alicyclic amines) is 1. The summed E-state index contributed by atoms with van der Waals surface area (Å²) in [5.74, 6) is 0. The van der Waals surface area contributed by atoms with Crippen molar-refractivity contribution in [3.8, 4) is 0 Å². The van der Waals surface area contributed by atoms with Crippen LogP contribution in [0.15, 0.2) is 17.3 Å². The van der Waals surface area contributed by atoms with Gasteiger partial charge in [-0.1, -0.05) is 6.42 Å². The van der Waals surface area contributed by atoms with Gasteiger partial charge in [0.2, 0.25) is 10.0 Å². The molecule has 3 heterocycles. The first-order valence-corrected chi connectivity index (χ1v) is 9.43. The van der Waals surface area contributed by atoms with Gasteiger partial charge < -0.3 is 9.64 Å². The van der Waals surface area contributed by atoms with Gasteiger partial charge >= 0.3 is 0 Å². The maximum atomic E-state index is 12.6. The second kappa shape index (κ2) is 7.08. The quantitative estimate of drug-likeness (QED) is 0.879. The zero-order valence-corrected chi connectivity index (χ0v) is 13.6. The van der Waals surface area contributed by atoms with Crippen LogP contribution in [0.25, 0.3) is 0 Å². The van der Waals surface area contributed by atoms with Crippen molar-refractivity contribution >= 4 is 10.0 Å². The van der Waals surface area contributed by atoms with E-state index in [2.05, 4.69) is 15.1 Å². The normalized spacial score (nSPS) is 25.9. The molecule has 1 unspecified atom stereocenters. The third-order valence-electron chi connectivity index (χ3n) is 4.33. The number of hydrogen-bond donors (Lipinski definition) is 1. The van der Waals surface area contributed by atoms with Crippen LogP contribution in [-0.4, -0.2) is 73.3 Å². The van der Waals surface area contributed by atoms with Gasteiger partial charge in [0.25, 0.3) is 0 Å². The summed E-state index contributed by atoms with van der Waals surface area (Å²) in [5, 5.41) is 6.32. The van der Waals surface area contributed by atoms with E-state index in [0.717, 1.165) is 26.1 Å². The van der Waals surface area contributed by atoms with Crippen LogP contribution in [0.2, 0.25) is 0 Å². The average Bonchev–Trinajstić information content (AvgIpc) is 2.96. The Labute approximate surface area is 131 Å². The molecule has 8 heteroatoms. The van der Waals surface area contributed by atoms with Crippen LogP contribution in [0.4, 0.5) is 0 Å². The van der Waals surface area contributed by atoms with Gasteiger partial charge in [0.05, 0.1) is 12.3 Å². The minimum Gasteiger partial charge on any atom is -0.375 e. The van der Waals surface area contributed by atoms with Gasteiger partial charge in [-0.25, -0.2) is 8.42 Å². The van der Waals surface area contributed by atoms with Crippen molar-refractivity contribution < 1.29 is 13.2 Å². The van der Waals surface area contributed by atoms with Crippen molar-refractivity contribution in [3.63, 3.8) is 0 Å². The Morgan fingerprint density at radius 3 is 2.77 bits per heavy atom. The highest BCUT2D eigenvalue weighted by atomic mass is 32.2. The Kier molecular flexibility index (Phi) is 5.12. The second-order valence-electron chi connectivity index (χ2n) is 6.00. The van der Waals surface area contributed by atoms with Crippen molar-refractivity contribution in [3.05, 3.63) is 12.4 Å². The summed E-state index contributed by atoms with van der Waals surface area (Å²) in [6.07, 6.45) is 7.22. The lowest BCUT2D eigenvalue weighted by molar-refractivity contribution is 0.0285. The van der Waals surface area contributed by atoms with Crippen LogP contribution in [0.3, 0.4) is 0 Å². The molecule has 0 bridgehead atoms. The van der Waals surface area contributed by atoms with Gasteiger partial charge in [-0.05, 0) is 32.4 Å². The summed E-state index contributed by atoms with van der Waals surface area (Å²) in [5.41, 5.74) is 0. The molecule has 124 valence electrons. The fraction of sp³-hybridized carbons (Fsp3) is 0.786. The standard InChI is InChI=1S/C14H24N4O3S/c19-22(20,14-9-15-16-10-14)18-7-4-8-21-13(12-18)11-17-5-2-1-3-6-17/h9-10,13H,1-8,11-12H2,(H,15,16). The molecule has 3 rings (SSSR count). The molecule has 0 spiro atoms. The molecule has 7 nitrogen and oxygen atoms in total. The highest BCUT2D eigenvalue weighted by molar-refractivity contribution is 7.89. The molecule has 0 saturated carbocycles. The number of nitrogens with zero attached hydrogens (tertiary/aromatic N) is 3. The predicted molar refractivity (Wildman–Crippen MR) is 82.0 cm³/mol. The van der Waals surface area contributed by atoms with Crippen LogP contribution in [0, 0.1) is 0 Å². The smallest absolute Gasteiger partial charge is 0.246 e. The van der Waals surface area contributed by atoms with E-state index in [1.54, 1.807) is 4.31 Å². The molecule has 1 atom stereocenters. The molecule has 1 aromatic rings. The third-order valence-corrected chi connectivity index (χ3v) is 6.16. The molecule has 1 N–H and O–H groups in total. The lowest BCUT2D eigenvalue weighted by atomic mass is 10.1. The Morgan fingerprint density at radius 1 is 1.23 bits per heavy atom. The minimum absolute atomic E-state index is 0.0534. The predicted octanol–water partition coefficient (Wildman–Crippen LogP) is 0.675. The van der Waals surface area contributed by atoms with E-state index in [-0.39, 0.29) is 11.0 Å². The van der Waals surface area contributed by atoms with E-state index in [4.69, 9.17) is 4.74 Å². The second-order valence-corrected chi connectivity index (χ2v) is 7.94. The molecule has 2 saturated heterocycles. The summed E-state index contributed by atoms with van der Waals surface area (Å²) in [6.45, 7) is 4.55. The van der Waals surface area contributed by atoms with Crippen molar-refractivity contribution in [2.45, 2.75) is 36.7 Å². The molecule has 0 radical (unpaired) electrons. The average molecular weight is 328 g/mol. The van der Waals surface area contributed by atoms with E-state index < -0.39 is 10.0 Å². The van der Waals surface area contributed by atoms with Crippen LogP contribution >= 0.6 is 0 Å². The van der Waals surface area contributed by atoms with Crippen LogP contribution in [0.1, 0.15) is 25.7 Å². The number of piperidine rings is 1. The molecule has 1 aromatic heterocycles. The van der Waals surface area contributed by atoms with Gasteiger partial charge in [0, 0.05) is 32.4 Å². The number of aromatic amines is 1. The zero-order valence-electron chi connectivity index (χ0n) is 12.8. The number of H-pyrrole nitrogens is 1. The molecular weight excluding hydrogens is 304 g/mol. The highest BCUT2D eigenvalue weighted by Crippen LogP contribution is 2.19. The fourth-order valence-electron chi connectivity index (χ4n) is 3.15. The van der Waals surface area contributed by atoms with Crippen molar-refractivity contribution in [2.75, 3.05) is 39.3 Å². The van der Waals surface area contributed by atoms with Crippen molar-refractivity contribution in [2.24, 2.45) is 0 Å². The molecular formula is C14H24N4O3S. The summed E-state index contributed by atoms with van der Waals surface area (Å²) in [7, 11) is -3.47. The molecule has 22 heavy (non-hydrogen) atoms. The number of hydrogen-bond acceptors (Lipinski definition) is 5. The third kappa shape index (κ3) is 3.68. The van der Waals surface area contributed by atoms with Gasteiger partial charge in [0.15, 0.2) is 0 Å². The Morgan fingerprint density at radius 2 is 2.05 bits per heavy atom. The number of rotatable bonds is 4. The van der Waals surface area contributed by atoms with Crippen LogP contribution < -0.4 is 0 Å². The van der Waals surface area contributed by atoms with E-state index in [1.807, 2.05) is 0 Å². The van der Waals surface area contributed by atoms with E-state index >= 15 is 0 Å². The molecule has 0 aliphatic carbocycles. The minimum atomic E-state index is -3.47. The summed E-state index contributed by atoms with van der Waals surface area (Å²) in [4.78, 5) is 2.62.